The fraction of sp³-hybridized carbons (Fsp3) is 0.843. The largest absolute Gasteiger partial charge is 0.459 e. The third-order valence-corrected chi connectivity index (χ3v) is 18.2. The second-order valence-corrected chi connectivity index (χ2v) is 23.7. The van der Waals surface area contributed by atoms with Gasteiger partial charge in [-0.15, -0.1) is 0 Å². The van der Waals surface area contributed by atoms with Crippen molar-refractivity contribution in [2.24, 2.45) is 23.7 Å². The fourth-order valence-electron chi connectivity index (χ4n) is 11.2. The average molecular weight is 1060 g/mol. The SMILES string of the molecule is CC[C@H]1OC(=O)[C@H](C)[C@@H](O[C@H]2C[C@@](C)(OC)[C@@H](O)[C@H](C)O2)[C@H](C)[C@@H](O[C@H]2O[C@H](C)C[C@H](N(C)CCCS(=O)(=O)N(C)[C@H](C)[C@H](OC)c3ccc([N+](=O)[O-])cc3)[C@H]2O)[C@](C)(OC)C[C@@H](C)C(=O)[C@H](C)[C@@H](O)[C@]1(C)O. The lowest BCUT2D eigenvalue weighted by Crippen LogP contribution is -2.61. The summed E-state index contributed by atoms with van der Waals surface area (Å²) in [5.74, 6) is -5.29. The van der Waals surface area contributed by atoms with Gasteiger partial charge in [0.05, 0.1) is 70.5 Å². The lowest BCUT2D eigenvalue weighted by molar-refractivity contribution is -0.384. The van der Waals surface area contributed by atoms with Crippen LogP contribution in [0.3, 0.4) is 0 Å². The van der Waals surface area contributed by atoms with Crippen molar-refractivity contribution in [2.75, 3.05) is 47.7 Å². The summed E-state index contributed by atoms with van der Waals surface area (Å²) < 4.78 is 79.0. The Morgan fingerprint density at radius 3 is 2.04 bits per heavy atom. The molecule has 3 fully saturated rings. The van der Waals surface area contributed by atoms with Crippen molar-refractivity contribution in [3.05, 3.63) is 39.9 Å². The van der Waals surface area contributed by atoms with Crippen LogP contribution in [0.5, 0.6) is 0 Å². The van der Waals surface area contributed by atoms with E-state index in [0.717, 1.165) is 0 Å². The molecule has 1 aromatic carbocycles. The maximum atomic E-state index is 14.5. The van der Waals surface area contributed by atoms with Crippen LogP contribution < -0.4 is 0 Å². The molecule has 0 amide bonds. The summed E-state index contributed by atoms with van der Waals surface area (Å²) in [6.07, 6.45) is -11.1. The van der Waals surface area contributed by atoms with Crippen molar-refractivity contribution in [2.45, 2.75) is 205 Å². The molecule has 0 aliphatic carbocycles. The highest BCUT2D eigenvalue weighted by atomic mass is 32.2. The van der Waals surface area contributed by atoms with Gasteiger partial charge in [-0.05, 0) is 105 Å². The Bertz CT molecular complexity index is 2090. The number of methoxy groups -OCH3 is 3. The van der Waals surface area contributed by atoms with Crippen LogP contribution in [0.2, 0.25) is 0 Å². The van der Waals surface area contributed by atoms with Gasteiger partial charge in [-0.25, -0.2) is 8.42 Å². The van der Waals surface area contributed by atoms with Gasteiger partial charge in [-0.1, -0.05) is 27.7 Å². The maximum Gasteiger partial charge on any atom is 0.311 e. The van der Waals surface area contributed by atoms with E-state index in [1.807, 2.05) is 11.8 Å². The second kappa shape index (κ2) is 25.6. The second-order valence-electron chi connectivity index (χ2n) is 21.6. The first-order chi connectivity index (χ1) is 33.9. The zero-order valence-electron chi connectivity index (χ0n) is 45.8. The Morgan fingerprint density at radius 2 is 1.49 bits per heavy atom. The number of ketones is 1. The molecule has 3 aliphatic rings. The van der Waals surface area contributed by atoms with Crippen LogP contribution in [0.25, 0.3) is 0 Å². The minimum Gasteiger partial charge on any atom is -0.459 e. The van der Waals surface area contributed by atoms with Gasteiger partial charge < -0.3 is 63.2 Å². The Labute approximate surface area is 432 Å². The van der Waals surface area contributed by atoms with Gasteiger partial charge in [0.1, 0.15) is 29.7 Å². The topological polar surface area (TPSA) is 273 Å². The number of esters is 1. The molecule has 21 nitrogen and oxygen atoms in total. The smallest absolute Gasteiger partial charge is 0.311 e. The highest BCUT2D eigenvalue weighted by Crippen LogP contribution is 2.42. The highest BCUT2D eigenvalue weighted by Gasteiger charge is 2.54. The number of carbonyl (C=O) groups excluding carboxylic acids is 2. The number of Topliss-reactive ketones (excluding diaryl/α,β-unsaturated/α-hetero) is 1. The van der Waals surface area contributed by atoms with E-state index in [-0.39, 0.29) is 43.7 Å². The van der Waals surface area contributed by atoms with E-state index in [9.17, 15) is 48.5 Å². The monoisotopic (exact) mass is 1060 g/mol. The zero-order chi connectivity index (χ0) is 55.3. The molecule has 4 rings (SSSR count). The van der Waals surface area contributed by atoms with Crippen molar-refractivity contribution in [1.29, 1.82) is 0 Å². The number of sulfonamides is 1. The number of ether oxygens (including phenoxy) is 8. The lowest BCUT2D eigenvalue weighted by atomic mass is 9.74. The van der Waals surface area contributed by atoms with Gasteiger partial charge in [-0.3, -0.25) is 19.7 Å². The molecule has 20 atom stereocenters. The number of cyclic esters (lactones) is 1. The van der Waals surface area contributed by atoms with Gasteiger partial charge in [0.25, 0.3) is 5.69 Å². The zero-order valence-corrected chi connectivity index (χ0v) is 46.6. The number of nitro groups is 1. The van der Waals surface area contributed by atoms with Crippen molar-refractivity contribution in [3.8, 4) is 0 Å². The number of hydrogen-bond acceptors (Lipinski definition) is 19. The number of likely N-dealkylation sites (N-methyl/N-ethyl adjacent to an activating group) is 2. The number of hydrogen-bond donors (Lipinski definition) is 4. The number of nitro benzene ring substituents is 1. The van der Waals surface area contributed by atoms with E-state index in [1.165, 1.54) is 70.8 Å². The molecular weight excluding hydrogens is 975 g/mol. The van der Waals surface area contributed by atoms with Crippen LogP contribution in [-0.4, -0.2) is 193 Å². The molecule has 4 N–H and O–H groups in total. The predicted octanol–water partition coefficient (Wildman–Crippen LogP) is 4.15. The third-order valence-electron chi connectivity index (χ3n) is 16.2. The van der Waals surface area contributed by atoms with Gasteiger partial charge in [0.15, 0.2) is 12.6 Å². The Balaban J connectivity index is 1.68. The Morgan fingerprint density at radius 1 is 0.890 bits per heavy atom. The number of aliphatic hydroxyl groups is 4. The molecule has 73 heavy (non-hydrogen) atoms. The van der Waals surface area contributed by atoms with Crippen LogP contribution in [-0.2, 0) is 57.5 Å². The predicted molar refractivity (Wildman–Crippen MR) is 268 cm³/mol. The lowest BCUT2D eigenvalue weighted by Gasteiger charge is -2.50. The first-order valence-electron chi connectivity index (χ1n) is 25.5. The molecule has 0 spiro atoms. The van der Waals surface area contributed by atoms with E-state index < -0.39 is 147 Å². The van der Waals surface area contributed by atoms with E-state index in [1.54, 1.807) is 62.4 Å². The Kier molecular flexibility index (Phi) is 22.0. The summed E-state index contributed by atoms with van der Waals surface area (Å²) in [6.45, 7) is 18.5. The molecule has 1 aromatic rings. The molecule has 3 saturated heterocycles. The number of carbonyl (C=O) groups is 2. The maximum absolute atomic E-state index is 14.5. The number of non-ortho nitro benzene ring substituents is 1. The minimum absolute atomic E-state index is 0.00639. The number of nitrogens with zero attached hydrogens (tertiary/aromatic N) is 3. The molecule has 0 radical (unpaired) electrons. The summed E-state index contributed by atoms with van der Waals surface area (Å²) in [5.41, 5.74) is -4.07. The Hall–Kier alpha value is -2.81. The molecule has 420 valence electrons. The minimum atomic E-state index is -3.86. The summed E-state index contributed by atoms with van der Waals surface area (Å²) in [6, 6.07) is 4.48. The molecule has 3 aliphatic heterocycles. The van der Waals surface area contributed by atoms with Gasteiger partial charge >= 0.3 is 5.97 Å². The van der Waals surface area contributed by atoms with Crippen molar-refractivity contribution >= 4 is 27.5 Å². The normalized spacial score (nSPS) is 39.5. The van der Waals surface area contributed by atoms with Gasteiger partial charge in [-0.2, -0.15) is 4.31 Å². The fourth-order valence-corrected chi connectivity index (χ4v) is 12.6. The molecule has 0 unspecified atom stereocenters. The van der Waals surface area contributed by atoms with Gasteiger partial charge in [0.2, 0.25) is 10.0 Å². The van der Waals surface area contributed by atoms with E-state index in [0.29, 0.717) is 12.0 Å². The molecule has 22 heteroatoms. The van der Waals surface area contributed by atoms with Crippen molar-refractivity contribution in [1.82, 2.24) is 9.21 Å². The van der Waals surface area contributed by atoms with Gasteiger partial charge in [0, 0.05) is 70.7 Å². The standard InChI is InChI=1S/C51H87N3O18S/c1-17-38-51(11,60)44(57)30(4)40(55)28(2)26-50(10,67-16)46(31(5)42(32(6)47(59)70-38)71-39-27-49(9,66-15)45(58)34(8)69-39)72-48-41(56)37(25-29(3)68-48)52(12)23-18-24-73(63,64)53(13)33(7)43(65-14)35-19-21-36(22-20-35)54(61)62/h19-22,28-34,37-39,41-46,48,56-58,60H,17-18,23-27H2,1-16H3/t28-,29-,30+,31+,32-,33-,34+,37+,38-,39+,41-,42+,43+,44-,45+,46-,48-,49-,50-,51-/m1/s1. The first-order valence-corrected chi connectivity index (χ1v) is 27.1. The summed E-state index contributed by atoms with van der Waals surface area (Å²) in [7, 11) is 3.74. The van der Waals surface area contributed by atoms with Crippen LogP contribution in [0, 0.1) is 33.8 Å². The van der Waals surface area contributed by atoms with E-state index in [2.05, 4.69) is 0 Å². The van der Waals surface area contributed by atoms with Crippen LogP contribution in [0.1, 0.15) is 120 Å². The number of aliphatic hydroxyl groups excluding tert-OH is 3. The molecule has 0 aromatic heterocycles. The molecule has 3 heterocycles. The van der Waals surface area contributed by atoms with E-state index >= 15 is 0 Å². The molecule has 0 saturated carbocycles. The summed E-state index contributed by atoms with van der Waals surface area (Å²) in [4.78, 5) is 41.3. The summed E-state index contributed by atoms with van der Waals surface area (Å²) >= 11 is 0. The van der Waals surface area contributed by atoms with Crippen molar-refractivity contribution < 1.29 is 81.3 Å². The summed E-state index contributed by atoms with van der Waals surface area (Å²) in [5, 5.41) is 58.0. The number of benzene rings is 1. The average Bonchev–Trinajstić information content (AvgIpc) is 3.34. The molecule has 0 bridgehead atoms. The quantitative estimate of drug-likeness (QED) is 0.0913. The first kappa shape index (κ1) is 62.7. The highest BCUT2D eigenvalue weighted by molar-refractivity contribution is 7.89. The van der Waals surface area contributed by atoms with E-state index in [4.69, 9.17) is 37.9 Å². The number of rotatable bonds is 18. The third kappa shape index (κ3) is 14.2. The van der Waals surface area contributed by atoms with Crippen LogP contribution >= 0.6 is 0 Å². The van der Waals surface area contributed by atoms with Crippen LogP contribution in [0.15, 0.2) is 24.3 Å². The molecular formula is C51H87N3O18S. The van der Waals surface area contributed by atoms with Crippen LogP contribution in [0.4, 0.5) is 5.69 Å². The van der Waals surface area contributed by atoms with Crippen molar-refractivity contribution in [3.63, 3.8) is 0 Å².